The molecule has 2 atom stereocenters. The Hall–Kier alpha value is -2.09. The molecule has 0 aliphatic heterocycles. The van der Waals surface area contributed by atoms with Crippen LogP contribution >= 0.6 is 0 Å². The van der Waals surface area contributed by atoms with Crippen molar-refractivity contribution < 1.29 is 8.81 Å². The molecule has 106 valence electrons. The van der Waals surface area contributed by atoms with E-state index < -0.39 is 0 Å². The first-order chi connectivity index (χ1) is 10.3. The Labute approximate surface area is 123 Å². The summed E-state index contributed by atoms with van der Waals surface area (Å²) in [5, 5.41) is 1.16. The maximum absolute atomic E-state index is 13.0. The summed E-state index contributed by atoms with van der Waals surface area (Å²) in [6.45, 7) is 0. The number of benzene rings is 2. The third kappa shape index (κ3) is 2.35. The predicted molar refractivity (Wildman–Crippen MR) is 81.9 cm³/mol. The largest absolute Gasteiger partial charge is 0.464 e. The summed E-state index contributed by atoms with van der Waals surface area (Å²) in [5.41, 5.74) is 3.60. The summed E-state index contributed by atoms with van der Waals surface area (Å²) >= 11 is 0. The van der Waals surface area contributed by atoms with Gasteiger partial charge in [-0.3, -0.25) is 0 Å². The predicted octanol–water partition coefficient (Wildman–Crippen LogP) is 5.62. The Kier molecular flexibility index (Phi) is 3.03. The van der Waals surface area contributed by atoms with Crippen molar-refractivity contribution in [3.8, 4) is 0 Å². The summed E-state index contributed by atoms with van der Waals surface area (Å²) in [4.78, 5) is 0. The van der Waals surface area contributed by atoms with Gasteiger partial charge in [-0.05, 0) is 66.5 Å². The molecule has 0 saturated heterocycles. The van der Waals surface area contributed by atoms with Crippen LogP contribution < -0.4 is 0 Å². The highest BCUT2D eigenvalue weighted by Crippen LogP contribution is 2.44. The maximum atomic E-state index is 13.0. The minimum Gasteiger partial charge on any atom is -0.464 e. The fourth-order valence-corrected chi connectivity index (χ4v) is 3.55. The van der Waals surface area contributed by atoms with Crippen LogP contribution in [0.15, 0.2) is 59.2 Å². The lowest BCUT2D eigenvalue weighted by Crippen LogP contribution is -1.95. The minimum atomic E-state index is -0.156. The Morgan fingerprint density at radius 3 is 2.38 bits per heavy atom. The van der Waals surface area contributed by atoms with E-state index in [4.69, 9.17) is 4.42 Å². The third-order valence-electron chi connectivity index (χ3n) is 4.73. The number of hydrogen-bond donors (Lipinski definition) is 0. The van der Waals surface area contributed by atoms with Gasteiger partial charge in [0.05, 0.1) is 6.26 Å². The SMILES string of the molecule is Fc1ccc(C2CCC(c3ccc4ccoc4c3)C2)cc1. The van der Waals surface area contributed by atoms with Gasteiger partial charge in [-0.2, -0.15) is 0 Å². The van der Waals surface area contributed by atoms with E-state index in [1.807, 2.05) is 18.2 Å². The van der Waals surface area contributed by atoms with E-state index in [0.717, 1.165) is 17.4 Å². The van der Waals surface area contributed by atoms with Gasteiger partial charge in [0, 0.05) is 5.39 Å². The van der Waals surface area contributed by atoms with Crippen LogP contribution in [-0.2, 0) is 0 Å². The van der Waals surface area contributed by atoms with Gasteiger partial charge in [0.1, 0.15) is 11.4 Å². The molecule has 0 amide bonds. The second-order valence-corrected chi connectivity index (χ2v) is 5.98. The van der Waals surface area contributed by atoms with Crippen molar-refractivity contribution in [2.75, 3.05) is 0 Å². The number of rotatable bonds is 2. The van der Waals surface area contributed by atoms with E-state index in [9.17, 15) is 4.39 Å². The monoisotopic (exact) mass is 280 g/mol. The smallest absolute Gasteiger partial charge is 0.134 e. The molecule has 2 heteroatoms. The lowest BCUT2D eigenvalue weighted by Gasteiger charge is -2.12. The first-order valence-electron chi connectivity index (χ1n) is 7.52. The molecule has 1 heterocycles. The van der Waals surface area contributed by atoms with E-state index >= 15 is 0 Å². The Balaban J connectivity index is 1.56. The van der Waals surface area contributed by atoms with Gasteiger partial charge in [0.2, 0.25) is 0 Å². The van der Waals surface area contributed by atoms with Gasteiger partial charge in [0.25, 0.3) is 0 Å². The van der Waals surface area contributed by atoms with Crippen LogP contribution in [0.5, 0.6) is 0 Å². The van der Waals surface area contributed by atoms with Crippen molar-refractivity contribution in [1.82, 2.24) is 0 Å². The molecule has 0 bridgehead atoms. The van der Waals surface area contributed by atoms with Crippen LogP contribution in [0.4, 0.5) is 4.39 Å². The highest BCUT2D eigenvalue weighted by molar-refractivity contribution is 5.77. The van der Waals surface area contributed by atoms with Crippen molar-refractivity contribution in [2.45, 2.75) is 31.1 Å². The molecule has 2 aromatic carbocycles. The molecule has 0 radical (unpaired) electrons. The molecule has 1 aliphatic rings. The van der Waals surface area contributed by atoms with E-state index in [-0.39, 0.29) is 5.82 Å². The standard InChI is InChI=1S/C19H17FO/c20-18-7-5-13(6-8-18)15-3-4-16(11-15)17-2-1-14-9-10-21-19(14)12-17/h1-2,5-10,12,15-16H,3-4,11H2. The van der Waals surface area contributed by atoms with Gasteiger partial charge in [-0.25, -0.2) is 4.39 Å². The van der Waals surface area contributed by atoms with E-state index in [1.54, 1.807) is 18.4 Å². The number of fused-ring (bicyclic) bond motifs is 1. The zero-order chi connectivity index (χ0) is 14.2. The van der Waals surface area contributed by atoms with Gasteiger partial charge in [-0.15, -0.1) is 0 Å². The molecule has 0 spiro atoms. The summed E-state index contributed by atoms with van der Waals surface area (Å²) in [6, 6.07) is 15.5. The Morgan fingerprint density at radius 1 is 0.857 bits per heavy atom. The molecule has 21 heavy (non-hydrogen) atoms. The molecule has 1 fully saturated rings. The van der Waals surface area contributed by atoms with Crippen molar-refractivity contribution >= 4 is 11.0 Å². The normalized spacial score (nSPS) is 22.0. The molecular weight excluding hydrogens is 263 g/mol. The lowest BCUT2D eigenvalue weighted by molar-refractivity contribution is 0.613. The zero-order valence-electron chi connectivity index (χ0n) is 11.8. The quantitative estimate of drug-likeness (QED) is 0.593. The van der Waals surface area contributed by atoms with Crippen LogP contribution in [-0.4, -0.2) is 0 Å². The van der Waals surface area contributed by atoms with Crippen LogP contribution in [0, 0.1) is 5.82 Å². The second-order valence-electron chi connectivity index (χ2n) is 5.98. The van der Waals surface area contributed by atoms with Crippen molar-refractivity contribution in [3.05, 3.63) is 71.7 Å². The van der Waals surface area contributed by atoms with E-state index in [2.05, 4.69) is 18.2 Å². The molecule has 1 saturated carbocycles. The minimum absolute atomic E-state index is 0.156. The first kappa shape index (κ1) is 12.6. The maximum Gasteiger partial charge on any atom is 0.134 e. The van der Waals surface area contributed by atoms with E-state index in [1.165, 1.54) is 24.0 Å². The fourth-order valence-electron chi connectivity index (χ4n) is 3.55. The molecule has 2 unspecified atom stereocenters. The summed E-state index contributed by atoms with van der Waals surface area (Å²) < 4.78 is 18.5. The summed E-state index contributed by atoms with van der Waals surface area (Å²) in [5.74, 6) is 0.967. The van der Waals surface area contributed by atoms with Crippen LogP contribution in [0.2, 0.25) is 0 Å². The number of halogens is 1. The van der Waals surface area contributed by atoms with E-state index in [0.29, 0.717) is 11.8 Å². The zero-order valence-corrected chi connectivity index (χ0v) is 11.8. The van der Waals surface area contributed by atoms with Crippen molar-refractivity contribution in [2.24, 2.45) is 0 Å². The van der Waals surface area contributed by atoms with Gasteiger partial charge in [0.15, 0.2) is 0 Å². The lowest BCUT2D eigenvalue weighted by atomic mass is 9.93. The van der Waals surface area contributed by atoms with Gasteiger partial charge < -0.3 is 4.42 Å². The van der Waals surface area contributed by atoms with Gasteiger partial charge in [-0.1, -0.05) is 24.3 Å². The fraction of sp³-hybridized carbons (Fsp3) is 0.263. The summed E-state index contributed by atoms with van der Waals surface area (Å²) in [7, 11) is 0. The van der Waals surface area contributed by atoms with Crippen LogP contribution in [0.1, 0.15) is 42.2 Å². The Morgan fingerprint density at radius 2 is 1.57 bits per heavy atom. The molecule has 1 aliphatic carbocycles. The van der Waals surface area contributed by atoms with Gasteiger partial charge >= 0.3 is 0 Å². The molecular formula is C19H17FO. The second kappa shape index (κ2) is 5.03. The van der Waals surface area contributed by atoms with Crippen molar-refractivity contribution in [3.63, 3.8) is 0 Å². The summed E-state index contributed by atoms with van der Waals surface area (Å²) in [6.07, 6.45) is 5.24. The molecule has 1 nitrogen and oxygen atoms in total. The number of hydrogen-bond acceptors (Lipinski definition) is 1. The van der Waals surface area contributed by atoms with Crippen LogP contribution in [0.3, 0.4) is 0 Å². The van der Waals surface area contributed by atoms with Crippen LogP contribution in [0.25, 0.3) is 11.0 Å². The number of furan rings is 1. The topological polar surface area (TPSA) is 13.1 Å². The molecule has 1 aromatic heterocycles. The Bertz CT molecular complexity index is 757. The molecule has 3 aromatic rings. The molecule has 0 N–H and O–H groups in total. The molecule has 4 rings (SSSR count). The average molecular weight is 280 g/mol. The highest BCUT2D eigenvalue weighted by Gasteiger charge is 2.27. The average Bonchev–Trinajstić information content (AvgIpc) is 3.16. The highest BCUT2D eigenvalue weighted by atomic mass is 19.1. The van der Waals surface area contributed by atoms with Crippen molar-refractivity contribution in [1.29, 1.82) is 0 Å². The first-order valence-corrected chi connectivity index (χ1v) is 7.52. The third-order valence-corrected chi connectivity index (χ3v) is 4.73.